The van der Waals surface area contributed by atoms with Crippen LogP contribution in [0.5, 0.6) is 0 Å². The van der Waals surface area contributed by atoms with E-state index in [9.17, 15) is 4.79 Å². The number of nitrogens with zero attached hydrogens (tertiary/aromatic N) is 3. The van der Waals surface area contributed by atoms with Gasteiger partial charge in [0.15, 0.2) is 11.5 Å². The number of carbonyl (C=O) groups excluding carboxylic acids is 1. The minimum Gasteiger partial charge on any atom is -0.368 e. The van der Waals surface area contributed by atoms with Crippen LogP contribution in [0.25, 0.3) is 0 Å². The van der Waals surface area contributed by atoms with Crippen molar-refractivity contribution in [1.82, 2.24) is 9.97 Å². The maximum atomic E-state index is 11.1. The summed E-state index contributed by atoms with van der Waals surface area (Å²) in [7, 11) is 0. The molecule has 0 saturated heterocycles. The molecular formula is C9H11N5O. The molecule has 1 aromatic heterocycles. The lowest BCUT2D eigenvalue weighted by Crippen LogP contribution is -2.45. The Balaban J connectivity index is 3.00. The predicted octanol–water partition coefficient (Wildman–Crippen LogP) is 0.0241. The molecule has 6 nitrogen and oxygen atoms in total. The van der Waals surface area contributed by atoms with E-state index in [1.54, 1.807) is 13.8 Å². The zero-order valence-electron chi connectivity index (χ0n) is 8.48. The molecule has 0 aromatic carbocycles. The molecule has 0 aliphatic rings. The maximum absolute atomic E-state index is 11.1. The van der Waals surface area contributed by atoms with Crippen LogP contribution in [0, 0.1) is 11.3 Å². The zero-order chi connectivity index (χ0) is 11.5. The zero-order valence-corrected chi connectivity index (χ0v) is 8.48. The first-order chi connectivity index (χ1) is 6.97. The van der Waals surface area contributed by atoms with Gasteiger partial charge in [0.05, 0.1) is 0 Å². The Labute approximate surface area is 87.1 Å². The maximum Gasteiger partial charge on any atom is 0.242 e. The van der Waals surface area contributed by atoms with Crippen LogP contribution in [0.1, 0.15) is 19.5 Å². The lowest BCUT2D eigenvalue weighted by Gasteiger charge is -2.22. The van der Waals surface area contributed by atoms with Gasteiger partial charge in [0.1, 0.15) is 11.6 Å². The summed E-state index contributed by atoms with van der Waals surface area (Å²) < 4.78 is 0. The molecular weight excluding hydrogens is 194 g/mol. The molecule has 0 atom stereocenters. The van der Waals surface area contributed by atoms with Gasteiger partial charge in [0.2, 0.25) is 5.91 Å². The summed E-state index contributed by atoms with van der Waals surface area (Å²) in [4.78, 5) is 18.8. The van der Waals surface area contributed by atoms with Gasteiger partial charge in [-0.15, -0.1) is 0 Å². The number of nitrogens with two attached hydrogens (primary N) is 1. The van der Waals surface area contributed by atoms with Crippen LogP contribution >= 0.6 is 0 Å². The van der Waals surface area contributed by atoms with Gasteiger partial charge in [-0.3, -0.25) is 4.79 Å². The predicted molar refractivity (Wildman–Crippen MR) is 53.6 cm³/mol. The van der Waals surface area contributed by atoms with Crippen molar-refractivity contribution in [2.45, 2.75) is 19.4 Å². The third-order valence-corrected chi connectivity index (χ3v) is 1.85. The van der Waals surface area contributed by atoms with Crippen molar-refractivity contribution in [3.63, 3.8) is 0 Å². The average molecular weight is 205 g/mol. The van der Waals surface area contributed by atoms with E-state index in [1.165, 1.54) is 12.4 Å². The van der Waals surface area contributed by atoms with Crippen molar-refractivity contribution >= 4 is 11.7 Å². The molecule has 0 saturated carbocycles. The van der Waals surface area contributed by atoms with Crippen LogP contribution in [-0.2, 0) is 4.79 Å². The number of carbonyl (C=O) groups is 1. The molecule has 0 aliphatic carbocycles. The third-order valence-electron chi connectivity index (χ3n) is 1.85. The van der Waals surface area contributed by atoms with Gasteiger partial charge in [-0.05, 0) is 13.8 Å². The number of nitrogens with one attached hydrogen (secondary N) is 1. The van der Waals surface area contributed by atoms with E-state index < -0.39 is 11.4 Å². The summed E-state index contributed by atoms with van der Waals surface area (Å²) >= 11 is 0. The molecule has 1 rings (SSSR count). The molecule has 0 aliphatic heterocycles. The summed E-state index contributed by atoms with van der Waals surface area (Å²) in [5, 5.41) is 11.5. The van der Waals surface area contributed by atoms with Crippen LogP contribution < -0.4 is 11.1 Å². The highest BCUT2D eigenvalue weighted by molar-refractivity contribution is 5.86. The molecule has 0 spiro atoms. The highest BCUT2D eigenvalue weighted by atomic mass is 16.1. The van der Waals surface area contributed by atoms with Crippen molar-refractivity contribution in [2.24, 2.45) is 5.73 Å². The Morgan fingerprint density at radius 1 is 1.53 bits per heavy atom. The molecule has 0 fully saturated rings. The molecule has 15 heavy (non-hydrogen) atoms. The third kappa shape index (κ3) is 2.40. The summed E-state index contributed by atoms with van der Waals surface area (Å²) in [6.45, 7) is 3.20. The fourth-order valence-corrected chi connectivity index (χ4v) is 0.869. The molecule has 1 heterocycles. The van der Waals surface area contributed by atoms with Crippen molar-refractivity contribution in [1.29, 1.82) is 5.26 Å². The first-order valence-electron chi connectivity index (χ1n) is 4.26. The second-order valence-electron chi connectivity index (χ2n) is 3.48. The Morgan fingerprint density at radius 2 is 2.13 bits per heavy atom. The van der Waals surface area contributed by atoms with Crippen molar-refractivity contribution in [3.05, 3.63) is 18.1 Å². The number of amides is 1. The van der Waals surface area contributed by atoms with Gasteiger partial charge in [-0.1, -0.05) is 0 Å². The number of rotatable bonds is 3. The molecule has 0 bridgehead atoms. The highest BCUT2D eigenvalue weighted by Gasteiger charge is 2.26. The minimum absolute atomic E-state index is 0.131. The van der Waals surface area contributed by atoms with Gasteiger partial charge in [0, 0.05) is 12.4 Å². The van der Waals surface area contributed by atoms with E-state index in [0.29, 0.717) is 0 Å². The van der Waals surface area contributed by atoms with Gasteiger partial charge >= 0.3 is 0 Å². The first kappa shape index (κ1) is 10.9. The van der Waals surface area contributed by atoms with Crippen molar-refractivity contribution < 1.29 is 4.79 Å². The van der Waals surface area contributed by atoms with Gasteiger partial charge in [0.25, 0.3) is 0 Å². The first-order valence-corrected chi connectivity index (χ1v) is 4.26. The van der Waals surface area contributed by atoms with Gasteiger partial charge in [-0.2, -0.15) is 5.26 Å². The number of anilines is 1. The highest BCUT2D eigenvalue weighted by Crippen LogP contribution is 2.14. The molecule has 0 unspecified atom stereocenters. The molecule has 78 valence electrons. The van der Waals surface area contributed by atoms with Crippen molar-refractivity contribution in [2.75, 3.05) is 5.32 Å². The molecule has 1 aromatic rings. The van der Waals surface area contributed by atoms with E-state index in [1.807, 2.05) is 6.07 Å². The van der Waals surface area contributed by atoms with Gasteiger partial charge < -0.3 is 11.1 Å². The summed E-state index contributed by atoms with van der Waals surface area (Å²) in [6, 6.07) is 1.87. The molecule has 6 heteroatoms. The monoisotopic (exact) mass is 205 g/mol. The summed E-state index contributed by atoms with van der Waals surface area (Å²) in [5.41, 5.74) is 4.34. The Morgan fingerprint density at radius 3 is 2.67 bits per heavy atom. The fraction of sp³-hybridized carbons (Fsp3) is 0.333. The summed E-state index contributed by atoms with van der Waals surface area (Å²) in [6.07, 6.45) is 2.83. The number of hydrogen-bond acceptors (Lipinski definition) is 5. The van der Waals surface area contributed by atoms with E-state index in [-0.39, 0.29) is 11.5 Å². The normalized spacial score (nSPS) is 10.5. The van der Waals surface area contributed by atoms with E-state index in [4.69, 9.17) is 11.0 Å². The topological polar surface area (TPSA) is 105 Å². The van der Waals surface area contributed by atoms with Crippen LogP contribution in [0.2, 0.25) is 0 Å². The van der Waals surface area contributed by atoms with E-state index in [2.05, 4.69) is 15.3 Å². The smallest absolute Gasteiger partial charge is 0.242 e. The Bertz CT molecular complexity index is 421. The Hall–Kier alpha value is -2.16. The molecule has 3 N–H and O–H groups in total. The molecule has 1 amide bonds. The average Bonchev–Trinajstić information content (AvgIpc) is 2.18. The number of nitriles is 1. The van der Waals surface area contributed by atoms with E-state index >= 15 is 0 Å². The van der Waals surface area contributed by atoms with Crippen LogP contribution in [0.15, 0.2) is 12.4 Å². The standard InChI is InChI=1S/C9H11N5O/c1-9(2,8(11)15)14-7-6(5-10)12-3-4-13-7/h3-4H,1-2H3,(H2,11,15)(H,13,14). The van der Waals surface area contributed by atoms with Gasteiger partial charge in [-0.25, -0.2) is 9.97 Å². The largest absolute Gasteiger partial charge is 0.368 e. The summed E-state index contributed by atoms with van der Waals surface area (Å²) in [5.74, 6) is -0.277. The minimum atomic E-state index is -0.971. The van der Waals surface area contributed by atoms with Crippen LogP contribution in [-0.4, -0.2) is 21.4 Å². The quantitative estimate of drug-likeness (QED) is 0.724. The van der Waals surface area contributed by atoms with Crippen LogP contribution in [0.3, 0.4) is 0 Å². The number of primary amides is 1. The number of aromatic nitrogens is 2. The van der Waals surface area contributed by atoms with E-state index in [0.717, 1.165) is 0 Å². The molecule has 0 radical (unpaired) electrons. The fourth-order valence-electron chi connectivity index (χ4n) is 0.869. The lowest BCUT2D eigenvalue weighted by atomic mass is 10.1. The van der Waals surface area contributed by atoms with Crippen LogP contribution in [0.4, 0.5) is 5.82 Å². The van der Waals surface area contributed by atoms with Crippen molar-refractivity contribution in [3.8, 4) is 6.07 Å². The number of hydrogen-bond donors (Lipinski definition) is 2. The Kier molecular flexibility index (Phi) is 2.85. The second-order valence-corrected chi connectivity index (χ2v) is 3.48. The second kappa shape index (κ2) is 3.92. The SMILES string of the molecule is CC(C)(Nc1nccnc1C#N)C(N)=O. The lowest BCUT2D eigenvalue weighted by molar-refractivity contribution is -0.121.